The van der Waals surface area contributed by atoms with Crippen molar-refractivity contribution >= 4 is 21.6 Å². The predicted molar refractivity (Wildman–Crippen MR) is 48.0 cm³/mol. The SMILES string of the molecule is C1CCCSSCCC1. The van der Waals surface area contributed by atoms with E-state index in [1.807, 2.05) is 0 Å². The van der Waals surface area contributed by atoms with Crippen LogP contribution in [0.15, 0.2) is 0 Å². The fourth-order valence-corrected chi connectivity index (χ4v) is 3.26. The molecule has 1 saturated heterocycles. The molecule has 0 aromatic carbocycles. The lowest BCUT2D eigenvalue weighted by Crippen LogP contribution is -1.77. The maximum absolute atomic E-state index is 2.06. The van der Waals surface area contributed by atoms with Gasteiger partial charge in [-0.25, -0.2) is 0 Å². The maximum Gasteiger partial charge on any atom is 0.00369 e. The molecule has 0 amide bonds. The highest BCUT2D eigenvalue weighted by Gasteiger charge is 1.96. The van der Waals surface area contributed by atoms with Gasteiger partial charge in [0.1, 0.15) is 0 Å². The summed E-state index contributed by atoms with van der Waals surface area (Å²) in [4.78, 5) is 0. The topological polar surface area (TPSA) is 0 Å². The monoisotopic (exact) mass is 162 g/mol. The van der Waals surface area contributed by atoms with Gasteiger partial charge in [-0.1, -0.05) is 40.9 Å². The largest absolute Gasteiger partial charge is 0.0942 e. The normalized spacial score (nSPS) is 24.0. The lowest BCUT2D eigenvalue weighted by Gasteiger charge is -1.93. The molecule has 1 rings (SSSR count). The van der Waals surface area contributed by atoms with Gasteiger partial charge >= 0.3 is 0 Å². The average Bonchev–Trinajstić information content (AvgIpc) is 2.00. The van der Waals surface area contributed by atoms with Crippen molar-refractivity contribution in [2.45, 2.75) is 32.1 Å². The third-order valence-electron chi connectivity index (χ3n) is 1.54. The Balaban J connectivity index is 2.02. The summed E-state index contributed by atoms with van der Waals surface area (Å²) in [5, 5.41) is 0. The molecule has 1 heterocycles. The second-order valence-electron chi connectivity index (χ2n) is 2.41. The molecule has 0 radical (unpaired) electrons. The number of rotatable bonds is 0. The van der Waals surface area contributed by atoms with Gasteiger partial charge in [-0.15, -0.1) is 0 Å². The van der Waals surface area contributed by atoms with Gasteiger partial charge in [0, 0.05) is 11.5 Å². The molecule has 0 spiro atoms. The van der Waals surface area contributed by atoms with Crippen LogP contribution in [-0.2, 0) is 0 Å². The Morgan fingerprint density at radius 1 is 0.556 bits per heavy atom. The summed E-state index contributed by atoms with van der Waals surface area (Å²) in [6.45, 7) is 0. The van der Waals surface area contributed by atoms with Gasteiger partial charge in [-0.05, 0) is 12.8 Å². The van der Waals surface area contributed by atoms with Crippen molar-refractivity contribution in [2.75, 3.05) is 11.5 Å². The van der Waals surface area contributed by atoms with E-state index in [4.69, 9.17) is 0 Å². The number of hydrogen-bond donors (Lipinski definition) is 0. The molecule has 1 aliphatic rings. The zero-order valence-corrected chi connectivity index (χ0v) is 7.40. The van der Waals surface area contributed by atoms with Crippen molar-refractivity contribution < 1.29 is 0 Å². The van der Waals surface area contributed by atoms with Gasteiger partial charge in [0.15, 0.2) is 0 Å². The second kappa shape index (κ2) is 5.48. The lowest BCUT2D eigenvalue weighted by molar-refractivity contribution is 0.665. The van der Waals surface area contributed by atoms with Gasteiger partial charge in [-0.3, -0.25) is 0 Å². The molecule has 1 fully saturated rings. The Hall–Kier alpha value is 0.700. The second-order valence-corrected chi connectivity index (χ2v) is 5.11. The van der Waals surface area contributed by atoms with Crippen LogP contribution in [0.4, 0.5) is 0 Å². The Morgan fingerprint density at radius 2 is 1.00 bits per heavy atom. The van der Waals surface area contributed by atoms with Gasteiger partial charge < -0.3 is 0 Å². The van der Waals surface area contributed by atoms with Crippen LogP contribution >= 0.6 is 21.6 Å². The fourth-order valence-electron chi connectivity index (χ4n) is 0.970. The highest BCUT2D eigenvalue weighted by Crippen LogP contribution is 2.26. The molecule has 0 bridgehead atoms. The first-order valence-corrected chi connectivity index (χ1v) is 6.23. The summed E-state index contributed by atoms with van der Waals surface area (Å²) in [5.74, 6) is 2.76. The molecular weight excluding hydrogens is 148 g/mol. The molecule has 0 nitrogen and oxygen atoms in total. The molecule has 54 valence electrons. The van der Waals surface area contributed by atoms with Gasteiger partial charge in [0.2, 0.25) is 0 Å². The molecule has 1 aliphatic heterocycles. The summed E-state index contributed by atoms with van der Waals surface area (Å²) in [6.07, 6.45) is 7.29. The molecule has 0 unspecified atom stereocenters. The van der Waals surface area contributed by atoms with E-state index in [2.05, 4.69) is 21.6 Å². The zero-order valence-electron chi connectivity index (χ0n) is 5.77. The van der Waals surface area contributed by atoms with Crippen molar-refractivity contribution in [3.05, 3.63) is 0 Å². The summed E-state index contributed by atoms with van der Waals surface area (Å²) in [7, 11) is 4.12. The van der Waals surface area contributed by atoms with E-state index in [0.29, 0.717) is 0 Å². The highest BCUT2D eigenvalue weighted by atomic mass is 33.1. The van der Waals surface area contributed by atoms with Crippen molar-refractivity contribution in [2.24, 2.45) is 0 Å². The Morgan fingerprint density at radius 3 is 1.56 bits per heavy atom. The Labute approximate surface area is 65.6 Å². The standard InChI is InChI=1S/C7H14S2/c1-2-4-6-8-9-7-5-3-1/h1-7H2. The Bertz CT molecular complexity index is 35.4. The number of hydrogen-bond acceptors (Lipinski definition) is 2. The van der Waals surface area contributed by atoms with Crippen molar-refractivity contribution in [3.8, 4) is 0 Å². The lowest BCUT2D eigenvalue weighted by atomic mass is 10.2. The van der Waals surface area contributed by atoms with Crippen LogP contribution in [0.25, 0.3) is 0 Å². The van der Waals surface area contributed by atoms with E-state index in [9.17, 15) is 0 Å². The molecule has 0 aromatic heterocycles. The van der Waals surface area contributed by atoms with Gasteiger partial charge in [0.05, 0.1) is 0 Å². The van der Waals surface area contributed by atoms with Crippen LogP contribution in [0.2, 0.25) is 0 Å². The van der Waals surface area contributed by atoms with Gasteiger partial charge in [0.25, 0.3) is 0 Å². The van der Waals surface area contributed by atoms with Crippen LogP contribution in [-0.4, -0.2) is 11.5 Å². The van der Waals surface area contributed by atoms with Crippen LogP contribution in [0.5, 0.6) is 0 Å². The van der Waals surface area contributed by atoms with Gasteiger partial charge in [-0.2, -0.15) is 0 Å². The van der Waals surface area contributed by atoms with E-state index >= 15 is 0 Å². The minimum atomic E-state index is 1.38. The first-order valence-electron chi connectivity index (χ1n) is 3.74. The zero-order chi connectivity index (χ0) is 6.36. The maximum atomic E-state index is 2.06. The Kier molecular flexibility index (Phi) is 4.75. The quantitative estimate of drug-likeness (QED) is 0.501. The smallest absolute Gasteiger partial charge is 0.00369 e. The molecule has 0 N–H and O–H groups in total. The molecule has 0 aromatic rings. The first-order chi connectivity index (χ1) is 4.50. The molecule has 2 heteroatoms. The van der Waals surface area contributed by atoms with Crippen molar-refractivity contribution in [3.63, 3.8) is 0 Å². The predicted octanol–water partition coefficient (Wildman–Crippen LogP) is 3.33. The third kappa shape index (κ3) is 4.15. The first kappa shape index (κ1) is 7.80. The highest BCUT2D eigenvalue weighted by molar-refractivity contribution is 8.76. The minimum absolute atomic E-state index is 1.38. The molecule has 0 aliphatic carbocycles. The molecule has 9 heavy (non-hydrogen) atoms. The minimum Gasteiger partial charge on any atom is -0.0942 e. The van der Waals surface area contributed by atoms with Crippen LogP contribution < -0.4 is 0 Å². The van der Waals surface area contributed by atoms with E-state index in [1.165, 1.54) is 43.6 Å². The van der Waals surface area contributed by atoms with Crippen molar-refractivity contribution in [1.29, 1.82) is 0 Å². The van der Waals surface area contributed by atoms with E-state index in [1.54, 1.807) is 0 Å². The summed E-state index contributed by atoms with van der Waals surface area (Å²) < 4.78 is 0. The average molecular weight is 162 g/mol. The fraction of sp³-hybridized carbons (Fsp3) is 1.00. The molecular formula is C7H14S2. The van der Waals surface area contributed by atoms with E-state index < -0.39 is 0 Å². The summed E-state index contributed by atoms with van der Waals surface area (Å²) in [5.41, 5.74) is 0. The van der Waals surface area contributed by atoms with E-state index in [-0.39, 0.29) is 0 Å². The summed E-state index contributed by atoms with van der Waals surface area (Å²) in [6, 6.07) is 0. The van der Waals surface area contributed by atoms with Crippen molar-refractivity contribution in [1.82, 2.24) is 0 Å². The van der Waals surface area contributed by atoms with Crippen LogP contribution in [0.3, 0.4) is 0 Å². The third-order valence-corrected chi connectivity index (χ3v) is 4.12. The van der Waals surface area contributed by atoms with E-state index in [0.717, 1.165) is 0 Å². The summed E-state index contributed by atoms with van der Waals surface area (Å²) >= 11 is 0. The van der Waals surface area contributed by atoms with Crippen LogP contribution in [0, 0.1) is 0 Å². The molecule has 0 saturated carbocycles. The molecule has 0 atom stereocenters. The van der Waals surface area contributed by atoms with Crippen LogP contribution in [0.1, 0.15) is 32.1 Å².